The topological polar surface area (TPSA) is 58.9 Å². The molecule has 3 nitrogen and oxygen atoms in total. The zero-order chi connectivity index (χ0) is 11.5. The van der Waals surface area contributed by atoms with Gasteiger partial charge in [0.05, 0.1) is 0 Å². The van der Waals surface area contributed by atoms with E-state index in [1.165, 1.54) is 0 Å². The molecule has 0 atom stereocenters. The Morgan fingerprint density at radius 1 is 1.31 bits per heavy atom. The van der Waals surface area contributed by atoms with Crippen molar-refractivity contribution in [3.63, 3.8) is 0 Å². The molecule has 0 aliphatic rings. The standard InChI is InChI=1S/C12H11BrN2O/c13-9-3-1-2-8(6-9)10-4-5-15-12(16)11(10)7-14/h1-6H,7,14H2,(H,15,16). The molecule has 1 aromatic heterocycles. The summed E-state index contributed by atoms with van der Waals surface area (Å²) >= 11 is 3.41. The minimum atomic E-state index is -0.125. The first kappa shape index (κ1) is 11.1. The summed E-state index contributed by atoms with van der Waals surface area (Å²) in [5.41, 5.74) is 7.95. The number of nitrogens with two attached hydrogens (primary N) is 1. The predicted molar refractivity (Wildman–Crippen MR) is 68.1 cm³/mol. The Hall–Kier alpha value is -1.39. The zero-order valence-corrected chi connectivity index (χ0v) is 10.1. The molecule has 1 heterocycles. The predicted octanol–water partition coefficient (Wildman–Crippen LogP) is 2.26. The normalized spacial score (nSPS) is 10.4. The first-order chi connectivity index (χ1) is 7.72. The Kier molecular flexibility index (Phi) is 3.22. The maximum absolute atomic E-state index is 11.6. The number of halogens is 1. The van der Waals surface area contributed by atoms with Gasteiger partial charge in [-0.2, -0.15) is 0 Å². The lowest BCUT2D eigenvalue weighted by Gasteiger charge is -2.06. The van der Waals surface area contributed by atoms with Crippen molar-refractivity contribution >= 4 is 15.9 Å². The van der Waals surface area contributed by atoms with E-state index in [-0.39, 0.29) is 12.1 Å². The van der Waals surface area contributed by atoms with Crippen LogP contribution >= 0.6 is 15.9 Å². The molecule has 0 unspecified atom stereocenters. The van der Waals surface area contributed by atoms with Crippen molar-refractivity contribution in [3.8, 4) is 11.1 Å². The van der Waals surface area contributed by atoms with Gasteiger partial charge in [-0.15, -0.1) is 0 Å². The van der Waals surface area contributed by atoms with Crippen LogP contribution in [-0.4, -0.2) is 4.98 Å². The summed E-state index contributed by atoms with van der Waals surface area (Å²) in [5.74, 6) is 0. The van der Waals surface area contributed by atoms with E-state index in [0.717, 1.165) is 15.6 Å². The Morgan fingerprint density at radius 2 is 2.12 bits per heavy atom. The van der Waals surface area contributed by atoms with E-state index in [9.17, 15) is 4.79 Å². The highest BCUT2D eigenvalue weighted by molar-refractivity contribution is 9.10. The summed E-state index contributed by atoms with van der Waals surface area (Å²) in [6, 6.07) is 9.66. The van der Waals surface area contributed by atoms with Gasteiger partial charge >= 0.3 is 0 Å². The number of benzene rings is 1. The highest BCUT2D eigenvalue weighted by atomic mass is 79.9. The summed E-state index contributed by atoms with van der Waals surface area (Å²) in [4.78, 5) is 14.2. The first-order valence-corrected chi connectivity index (χ1v) is 5.68. The third-order valence-corrected chi connectivity index (χ3v) is 2.90. The van der Waals surface area contributed by atoms with Crippen LogP contribution in [-0.2, 0) is 6.54 Å². The molecular formula is C12H11BrN2O. The third kappa shape index (κ3) is 2.08. The van der Waals surface area contributed by atoms with Crippen molar-refractivity contribution in [2.24, 2.45) is 5.73 Å². The van der Waals surface area contributed by atoms with Gasteiger partial charge in [-0.25, -0.2) is 0 Å². The number of hydrogen-bond acceptors (Lipinski definition) is 2. The third-order valence-electron chi connectivity index (χ3n) is 2.40. The largest absolute Gasteiger partial charge is 0.329 e. The second-order valence-corrected chi connectivity index (χ2v) is 4.33. The number of H-pyrrole nitrogens is 1. The van der Waals surface area contributed by atoms with Crippen LogP contribution in [0.5, 0.6) is 0 Å². The molecule has 2 aromatic rings. The molecule has 0 radical (unpaired) electrons. The summed E-state index contributed by atoms with van der Waals surface area (Å²) in [5, 5.41) is 0. The Bertz CT molecular complexity index is 563. The molecule has 16 heavy (non-hydrogen) atoms. The monoisotopic (exact) mass is 278 g/mol. The fourth-order valence-corrected chi connectivity index (χ4v) is 2.04. The van der Waals surface area contributed by atoms with Crippen LogP contribution in [0.3, 0.4) is 0 Å². The maximum atomic E-state index is 11.6. The van der Waals surface area contributed by atoms with Crippen LogP contribution in [0.2, 0.25) is 0 Å². The summed E-state index contributed by atoms with van der Waals surface area (Å²) < 4.78 is 0.980. The Morgan fingerprint density at radius 3 is 2.81 bits per heavy atom. The van der Waals surface area contributed by atoms with Crippen molar-refractivity contribution in [3.05, 3.63) is 56.9 Å². The molecular weight excluding hydrogens is 268 g/mol. The fourth-order valence-electron chi connectivity index (χ4n) is 1.64. The number of aromatic amines is 1. The second kappa shape index (κ2) is 4.63. The highest BCUT2D eigenvalue weighted by Gasteiger charge is 2.07. The van der Waals surface area contributed by atoms with Gasteiger partial charge in [0.2, 0.25) is 0 Å². The molecule has 1 aromatic carbocycles. The molecule has 2 rings (SSSR count). The Balaban J connectivity index is 2.64. The minimum Gasteiger partial charge on any atom is -0.329 e. The molecule has 0 aliphatic carbocycles. The smallest absolute Gasteiger partial charge is 0.253 e. The number of pyridine rings is 1. The molecule has 0 amide bonds. The van der Waals surface area contributed by atoms with Crippen LogP contribution < -0.4 is 11.3 Å². The van der Waals surface area contributed by atoms with Crippen LogP contribution in [0, 0.1) is 0 Å². The lowest BCUT2D eigenvalue weighted by atomic mass is 10.0. The van der Waals surface area contributed by atoms with Crippen molar-refractivity contribution in [2.45, 2.75) is 6.54 Å². The van der Waals surface area contributed by atoms with Crippen LogP contribution in [0.25, 0.3) is 11.1 Å². The van der Waals surface area contributed by atoms with E-state index in [1.807, 2.05) is 30.3 Å². The van der Waals surface area contributed by atoms with Gasteiger partial charge in [-0.05, 0) is 29.3 Å². The number of hydrogen-bond donors (Lipinski definition) is 2. The number of nitrogens with one attached hydrogen (secondary N) is 1. The first-order valence-electron chi connectivity index (χ1n) is 4.89. The van der Waals surface area contributed by atoms with Crippen LogP contribution in [0.4, 0.5) is 0 Å². The van der Waals surface area contributed by atoms with Crippen molar-refractivity contribution in [1.29, 1.82) is 0 Å². The van der Waals surface area contributed by atoms with Gasteiger partial charge in [0, 0.05) is 22.8 Å². The molecule has 0 saturated carbocycles. The van der Waals surface area contributed by atoms with E-state index in [0.29, 0.717) is 5.56 Å². The van der Waals surface area contributed by atoms with Gasteiger partial charge in [0.1, 0.15) is 0 Å². The molecule has 0 bridgehead atoms. The van der Waals surface area contributed by atoms with Crippen LogP contribution in [0.1, 0.15) is 5.56 Å². The van der Waals surface area contributed by atoms with Crippen LogP contribution in [0.15, 0.2) is 45.8 Å². The summed E-state index contributed by atoms with van der Waals surface area (Å²) in [7, 11) is 0. The molecule has 82 valence electrons. The van der Waals surface area contributed by atoms with Crippen molar-refractivity contribution < 1.29 is 0 Å². The van der Waals surface area contributed by atoms with Gasteiger partial charge in [-0.3, -0.25) is 4.79 Å². The van der Waals surface area contributed by atoms with E-state index in [1.54, 1.807) is 6.20 Å². The molecule has 0 aliphatic heterocycles. The number of rotatable bonds is 2. The van der Waals surface area contributed by atoms with E-state index in [2.05, 4.69) is 20.9 Å². The van der Waals surface area contributed by atoms with E-state index in [4.69, 9.17) is 5.73 Å². The fraction of sp³-hybridized carbons (Fsp3) is 0.0833. The number of aromatic nitrogens is 1. The van der Waals surface area contributed by atoms with Gasteiger partial charge in [-0.1, -0.05) is 28.1 Å². The molecule has 0 spiro atoms. The Labute approximate surface area is 101 Å². The zero-order valence-electron chi connectivity index (χ0n) is 8.53. The lowest BCUT2D eigenvalue weighted by molar-refractivity contribution is 1.02. The average Bonchev–Trinajstić information content (AvgIpc) is 2.28. The molecule has 0 saturated heterocycles. The maximum Gasteiger partial charge on any atom is 0.253 e. The summed E-state index contributed by atoms with van der Waals surface area (Å²) in [6.07, 6.45) is 1.64. The minimum absolute atomic E-state index is 0.125. The molecule has 4 heteroatoms. The lowest BCUT2D eigenvalue weighted by Crippen LogP contribution is -2.16. The van der Waals surface area contributed by atoms with E-state index >= 15 is 0 Å². The quantitative estimate of drug-likeness (QED) is 0.885. The van der Waals surface area contributed by atoms with E-state index < -0.39 is 0 Å². The van der Waals surface area contributed by atoms with Gasteiger partial charge in [0.15, 0.2) is 0 Å². The highest BCUT2D eigenvalue weighted by Crippen LogP contribution is 2.23. The molecule has 0 fully saturated rings. The van der Waals surface area contributed by atoms with Gasteiger partial charge < -0.3 is 10.7 Å². The second-order valence-electron chi connectivity index (χ2n) is 3.41. The van der Waals surface area contributed by atoms with Gasteiger partial charge in [0.25, 0.3) is 5.56 Å². The SMILES string of the molecule is NCc1c(-c2cccc(Br)c2)cc[nH]c1=O. The van der Waals surface area contributed by atoms with Crippen molar-refractivity contribution in [1.82, 2.24) is 4.98 Å². The van der Waals surface area contributed by atoms with Crippen molar-refractivity contribution in [2.75, 3.05) is 0 Å². The molecule has 3 N–H and O–H groups in total. The average molecular weight is 279 g/mol. The summed E-state index contributed by atoms with van der Waals surface area (Å²) in [6.45, 7) is 0.234.